The van der Waals surface area contributed by atoms with Gasteiger partial charge in [0.1, 0.15) is 0 Å². The SMILES string of the molecule is Cc1ccccc1C.F.F.F.F.F.F. The lowest BCUT2D eigenvalue weighted by atomic mass is 10.1. The van der Waals surface area contributed by atoms with Gasteiger partial charge in [-0.1, -0.05) is 24.3 Å². The standard InChI is InChI=1S/C8H10.6FH/c1-7-5-3-4-6-8(7)2;;;;;;/h3-6H,1-2H3;6*1H. The lowest BCUT2D eigenvalue weighted by molar-refractivity contribution is 1.11. The molecule has 0 radical (unpaired) electrons. The number of hydrogen-bond donors (Lipinski definition) is 0. The summed E-state index contributed by atoms with van der Waals surface area (Å²) >= 11 is 0. The minimum atomic E-state index is 0. The lowest BCUT2D eigenvalue weighted by Crippen LogP contribution is -1.74. The van der Waals surface area contributed by atoms with Crippen molar-refractivity contribution in [3.63, 3.8) is 0 Å². The molecule has 0 aliphatic rings. The lowest BCUT2D eigenvalue weighted by Gasteiger charge is -1.93. The highest BCUT2D eigenvalue weighted by Crippen LogP contribution is 2.02. The van der Waals surface area contributed by atoms with Crippen LogP contribution in [0.1, 0.15) is 11.1 Å². The van der Waals surface area contributed by atoms with Crippen LogP contribution in [-0.2, 0) is 0 Å². The van der Waals surface area contributed by atoms with E-state index in [9.17, 15) is 0 Å². The Morgan fingerprint density at radius 3 is 0.929 bits per heavy atom. The smallest absolute Gasteiger partial charge is 0.0395 e. The van der Waals surface area contributed by atoms with Crippen LogP contribution in [0.5, 0.6) is 0 Å². The average Bonchev–Trinajstić information content (AvgIpc) is 1.77. The second kappa shape index (κ2) is 17.8. The molecule has 1 aromatic rings. The van der Waals surface area contributed by atoms with E-state index in [-0.39, 0.29) is 28.2 Å². The molecule has 0 unspecified atom stereocenters. The molecular weight excluding hydrogens is 210 g/mol. The summed E-state index contributed by atoms with van der Waals surface area (Å²) in [5, 5.41) is 0. The van der Waals surface area contributed by atoms with E-state index in [4.69, 9.17) is 0 Å². The quantitative estimate of drug-likeness (QED) is 0.596. The molecule has 14 heavy (non-hydrogen) atoms. The van der Waals surface area contributed by atoms with Crippen LogP contribution in [0.25, 0.3) is 0 Å². The first-order valence-electron chi connectivity index (χ1n) is 2.83. The first-order valence-corrected chi connectivity index (χ1v) is 2.83. The van der Waals surface area contributed by atoms with E-state index in [0.717, 1.165) is 0 Å². The second-order valence-electron chi connectivity index (χ2n) is 2.08. The Labute approximate surface area is 78.5 Å². The molecule has 0 saturated carbocycles. The third kappa shape index (κ3) is 10.8. The zero-order valence-corrected chi connectivity index (χ0v) is 7.76. The molecule has 0 fully saturated rings. The van der Waals surface area contributed by atoms with Crippen molar-refractivity contribution in [2.75, 3.05) is 0 Å². The number of rotatable bonds is 0. The van der Waals surface area contributed by atoms with E-state index in [2.05, 4.69) is 38.1 Å². The Bertz CT molecular complexity index is 170. The fourth-order valence-corrected chi connectivity index (χ4v) is 0.663. The van der Waals surface area contributed by atoms with Gasteiger partial charge in [-0.15, -0.1) is 0 Å². The zero-order valence-electron chi connectivity index (χ0n) is 7.76. The second-order valence-corrected chi connectivity index (χ2v) is 2.08. The fraction of sp³-hybridized carbons (Fsp3) is 0.250. The van der Waals surface area contributed by atoms with E-state index in [1.807, 2.05) is 0 Å². The number of aryl methyl sites for hydroxylation is 2. The summed E-state index contributed by atoms with van der Waals surface area (Å²) in [6.45, 7) is 4.24. The van der Waals surface area contributed by atoms with Gasteiger partial charge < -0.3 is 0 Å². The van der Waals surface area contributed by atoms with Crippen molar-refractivity contribution < 1.29 is 28.2 Å². The molecule has 0 heterocycles. The normalized spacial score (nSPS) is 5.29. The Hall–Kier alpha value is -1.20. The highest BCUT2D eigenvalue weighted by Gasteiger charge is 1.83. The van der Waals surface area contributed by atoms with Crippen molar-refractivity contribution in [2.24, 2.45) is 0 Å². The largest absolute Gasteiger partial charge is 0.269 e. The first kappa shape index (κ1) is 38.5. The van der Waals surface area contributed by atoms with Crippen molar-refractivity contribution in [3.8, 4) is 0 Å². The van der Waals surface area contributed by atoms with Crippen molar-refractivity contribution >= 4 is 0 Å². The minimum Gasteiger partial charge on any atom is -0.269 e. The number of benzene rings is 1. The number of hydrogen-bond acceptors (Lipinski definition) is 0. The Balaban J connectivity index is -0.0000000267. The highest BCUT2D eigenvalue weighted by molar-refractivity contribution is 5.23. The van der Waals surface area contributed by atoms with Gasteiger partial charge in [0.15, 0.2) is 0 Å². The van der Waals surface area contributed by atoms with Crippen LogP contribution in [0.2, 0.25) is 0 Å². The molecule has 0 spiro atoms. The Morgan fingerprint density at radius 2 is 0.786 bits per heavy atom. The van der Waals surface area contributed by atoms with E-state index in [0.29, 0.717) is 0 Å². The third-order valence-corrected chi connectivity index (χ3v) is 1.43. The molecule has 0 nitrogen and oxygen atoms in total. The summed E-state index contributed by atoms with van der Waals surface area (Å²) in [5.41, 5.74) is 2.74. The zero-order chi connectivity index (χ0) is 5.98. The maximum absolute atomic E-state index is 2.12. The van der Waals surface area contributed by atoms with Crippen LogP contribution >= 0.6 is 0 Å². The molecule has 0 bridgehead atoms. The molecule has 90 valence electrons. The maximum atomic E-state index is 2.12. The van der Waals surface area contributed by atoms with Gasteiger partial charge in [-0.2, -0.15) is 0 Å². The summed E-state index contributed by atoms with van der Waals surface area (Å²) in [4.78, 5) is 0. The molecule has 1 aromatic carbocycles. The van der Waals surface area contributed by atoms with E-state index >= 15 is 0 Å². The molecule has 1 rings (SSSR count). The van der Waals surface area contributed by atoms with Crippen molar-refractivity contribution in [1.82, 2.24) is 0 Å². The van der Waals surface area contributed by atoms with Crippen LogP contribution in [0.15, 0.2) is 24.3 Å². The predicted octanol–water partition coefficient (Wildman–Crippen LogP) is 3.22. The van der Waals surface area contributed by atoms with Gasteiger partial charge in [-0.05, 0) is 25.0 Å². The summed E-state index contributed by atoms with van der Waals surface area (Å²) in [5.74, 6) is 0. The summed E-state index contributed by atoms with van der Waals surface area (Å²) in [6.07, 6.45) is 0. The predicted molar refractivity (Wildman–Crippen MR) is 50.9 cm³/mol. The monoisotopic (exact) mass is 226 g/mol. The molecule has 0 aromatic heterocycles. The molecule has 0 saturated heterocycles. The molecule has 0 N–H and O–H groups in total. The van der Waals surface area contributed by atoms with Gasteiger partial charge in [-0.25, -0.2) is 0 Å². The summed E-state index contributed by atoms with van der Waals surface area (Å²) < 4.78 is 0. The third-order valence-electron chi connectivity index (χ3n) is 1.43. The maximum Gasteiger partial charge on any atom is -0.0395 e. The topological polar surface area (TPSA) is 0 Å². The fourth-order valence-electron chi connectivity index (χ4n) is 0.663. The minimum absolute atomic E-state index is 0. The Morgan fingerprint density at radius 1 is 0.571 bits per heavy atom. The van der Waals surface area contributed by atoms with Gasteiger partial charge in [0.05, 0.1) is 0 Å². The van der Waals surface area contributed by atoms with Crippen LogP contribution < -0.4 is 0 Å². The molecule has 0 atom stereocenters. The first-order chi connectivity index (χ1) is 3.80. The Kier molecular flexibility index (Phi) is 48.9. The van der Waals surface area contributed by atoms with Crippen molar-refractivity contribution in [3.05, 3.63) is 35.4 Å². The van der Waals surface area contributed by atoms with Crippen LogP contribution in [0.3, 0.4) is 0 Å². The van der Waals surface area contributed by atoms with Crippen molar-refractivity contribution in [2.45, 2.75) is 13.8 Å². The summed E-state index contributed by atoms with van der Waals surface area (Å²) in [6, 6.07) is 8.36. The van der Waals surface area contributed by atoms with E-state index in [1.165, 1.54) is 11.1 Å². The number of halogens is 6. The highest BCUT2D eigenvalue weighted by atomic mass is 19.0. The van der Waals surface area contributed by atoms with E-state index < -0.39 is 0 Å². The van der Waals surface area contributed by atoms with Gasteiger partial charge in [0.2, 0.25) is 0 Å². The van der Waals surface area contributed by atoms with E-state index in [1.54, 1.807) is 0 Å². The van der Waals surface area contributed by atoms with Crippen molar-refractivity contribution in [1.29, 1.82) is 0 Å². The van der Waals surface area contributed by atoms with Crippen LogP contribution in [-0.4, -0.2) is 0 Å². The van der Waals surface area contributed by atoms with Gasteiger partial charge >= 0.3 is 0 Å². The summed E-state index contributed by atoms with van der Waals surface area (Å²) in [7, 11) is 0. The molecule has 0 amide bonds. The van der Waals surface area contributed by atoms with Crippen LogP contribution in [0, 0.1) is 13.8 Å². The average molecular weight is 226 g/mol. The molecular formula is C8H16F6. The van der Waals surface area contributed by atoms with Gasteiger partial charge in [-0.3, -0.25) is 28.2 Å². The van der Waals surface area contributed by atoms with Gasteiger partial charge in [0.25, 0.3) is 0 Å². The van der Waals surface area contributed by atoms with Gasteiger partial charge in [0, 0.05) is 0 Å². The van der Waals surface area contributed by atoms with Crippen LogP contribution in [0.4, 0.5) is 28.2 Å². The molecule has 0 aliphatic carbocycles. The molecule has 6 heteroatoms. The molecule has 0 aliphatic heterocycles.